The van der Waals surface area contributed by atoms with Crippen LogP contribution in [0.15, 0.2) is 66.7 Å². The highest BCUT2D eigenvalue weighted by molar-refractivity contribution is 6.21. The van der Waals surface area contributed by atoms with Crippen LogP contribution in [0, 0.1) is 0 Å². The number of hydrogen-bond acceptors (Lipinski definition) is 5. The number of imide groups is 1. The monoisotopic (exact) mass is 425 g/mol. The second kappa shape index (κ2) is 7.23. The van der Waals surface area contributed by atoms with Crippen LogP contribution in [0.4, 0.5) is 0 Å². The molecule has 0 unspecified atom stereocenters. The number of aromatic nitrogens is 2. The Morgan fingerprint density at radius 3 is 2.34 bits per heavy atom. The highest BCUT2D eigenvalue weighted by Crippen LogP contribution is 2.36. The lowest BCUT2D eigenvalue weighted by Gasteiger charge is -2.15. The molecule has 1 aromatic heterocycles. The lowest BCUT2D eigenvalue weighted by Crippen LogP contribution is -2.31. The number of rotatable bonds is 5. The van der Waals surface area contributed by atoms with Gasteiger partial charge in [0.1, 0.15) is 5.82 Å². The van der Waals surface area contributed by atoms with E-state index in [0.29, 0.717) is 36.4 Å². The molecule has 3 aromatic carbocycles. The fraction of sp³-hybridized carbons (Fsp3) is 0.160. The maximum Gasteiger partial charge on any atom is 0.261 e. The molecule has 7 nitrogen and oxygen atoms in total. The van der Waals surface area contributed by atoms with Crippen LogP contribution in [0.25, 0.3) is 22.4 Å². The zero-order chi connectivity index (χ0) is 21.7. The molecule has 7 heteroatoms. The molecule has 3 heterocycles. The van der Waals surface area contributed by atoms with E-state index in [1.807, 2.05) is 42.5 Å². The van der Waals surface area contributed by atoms with Gasteiger partial charge in [-0.15, -0.1) is 0 Å². The summed E-state index contributed by atoms with van der Waals surface area (Å²) in [5.41, 5.74) is 3.77. The minimum atomic E-state index is -0.225. The molecule has 0 spiro atoms. The molecule has 2 aliphatic heterocycles. The molecule has 158 valence electrons. The molecule has 32 heavy (non-hydrogen) atoms. The van der Waals surface area contributed by atoms with Gasteiger partial charge in [-0.2, -0.15) is 0 Å². The number of nitrogens with zero attached hydrogens (tertiary/aromatic N) is 3. The van der Waals surface area contributed by atoms with Crippen molar-refractivity contribution in [3.8, 4) is 22.9 Å². The van der Waals surface area contributed by atoms with Gasteiger partial charge in [0.05, 0.1) is 22.2 Å². The van der Waals surface area contributed by atoms with Crippen LogP contribution < -0.4 is 9.47 Å². The Bertz CT molecular complexity index is 1360. The third-order valence-corrected chi connectivity index (χ3v) is 5.93. The zero-order valence-corrected chi connectivity index (χ0v) is 17.2. The second-order valence-corrected chi connectivity index (χ2v) is 7.80. The van der Waals surface area contributed by atoms with E-state index >= 15 is 0 Å². The number of hydrogen-bond donors (Lipinski definition) is 0. The number of amides is 2. The van der Waals surface area contributed by atoms with Crippen molar-refractivity contribution in [3.05, 3.63) is 77.9 Å². The molecule has 6 rings (SSSR count). The summed E-state index contributed by atoms with van der Waals surface area (Å²) in [6.07, 6.45) is 0.614. The summed E-state index contributed by atoms with van der Waals surface area (Å²) >= 11 is 0. The fourth-order valence-electron chi connectivity index (χ4n) is 4.39. The lowest BCUT2D eigenvalue weighted by atomic mass is 10.1. The Labute approximate surface area is 183 Å². The lowest BCUT2D eigenvalue weighted by molar-refractivity contribution is 0.0651. The van der Waals surface area contributed by atoms with Gasteiger partial charge in [0.2, 0.25) is 6.79 Å². The fourth-order valence-corrected chi connectivity index (χ4v) is 4.39. The van der Waals surface area contributed by atoms with Crippen molar-refractivity contribution in [2.75, 3.05) is 13.3 Å². The van der Waals surface area contributed by atoms with Crippen molar-refractivity contribution >= 4 is 22.8 Å². The number of carbonyl (C=O) groups excluding carboxylic acids is 2. The number of para-hydroxylation sites is 2. The molecule has 0 atom stereocenters. The molecule has 0 radical (unpaired) electrons. The summed E-state index contributed by atoms with van der Waals surface area (Å²) in [7, 11) is 0. The van der Waals surface area contributed by atoms with E-state index in [9.17, 15) is 9.59 Å². The Balaban J connectivity index is 1.29. The first kappa shape index (κ1) is 18.6. The molecule has 0 saturated heterocycles. The summed E-state index contributed by atoms with van der Waals surface area (Å²) in [5, 5.41) is 0. The SMILES string of the molecule is O=C1c2ccccc2C(=O)N1CCCn1c(-c2ccc3c(c2)OCO3)nc2ccccc21. The van der Waals surface area contributed by atoms with Crippen molar-refractivity contribution in [2.45, 2.75) is 13.0 Å². The number of ether oxygens (including phenoxy) is 2. The number of benzene rings is 3. The smallest absolute Gasteiger partial charge is 0.261 e. The van der Waals surface area contributed by atoms with Gasteiger partial charge in [-0.25, -0.2) is 4.98 Å². The Morgan fingerprint density at radius 1 is 0.812 bits per heavy atom. The molecule has 4 aromatic rings. The first-order valence-corrected chi connectivity index (χ1v) is 10.5. The van der Waals surface area contributed by atoms with Crippen molar-refractivity contribution in [1.29, 1.82) is 0 Å². The molecule has 0 fully saturated rings. The van der Waals surface area contributed by atoms with Crippen LogP contribution in [-0.2, 0) is 6.54 Å². The predicted molar refractivity (Wildman–Crippen MR) is 118 cm³/mol. The molecule has 0 bridgehead atoms. The van der Waals surface area contributed by atoms with Gasteiger partial charge in [0.15, 0.2) is 11.5 Å². The van der Waals surface area contributed by atoms with Gasteiger partial charge < -0.3 is 14.0 Å². The molecular formula is C25H19N3O4. The molecule has 2 aliphatic rings. The minimum Gasteiger partial charge on any atom is -0.454 e. The molecule has 0 saturated carbocycles. The van der Waals surface area contributed by atoms with Gasteiger partial charge in [-0.3, -0.25) is 14.5 Å². The minimum absolute atomic E-state index is 0.218. The Morgan fingerprint density at radius 2 is 1.53 bits per heavy atom. The first-order chi connectivity index (χ1) is 15.7. The van der Waals surface area contributed by atoms with E-state index in [4.69, 9.17) is 14.5 Å². The standard InChI is InChI=1S/C25H19N3O4/c29-24-17-6-1-2-7-18(17)25(30)28(24)13-5-12-27-20-9-4-3-8-19(20)26-23(27)16-10-11-21-22(14-16)32-15-31-21/h1-4,6-11,14H,5,12-13,15H2. The van der Waals surface area contributed by atoms with E-state index in [0.717, 1.165) is 28.2 Å². The van der Waals surface area contributed by atoms with E-state index in [1.165, 1.54) is 4.90 Å². The molecular weight excluding hydrogens is 406 g/mol. The summed E-state index contributed by atoms with van der Waals surface area (Å²) in [6.45, 7) is 1.17. The van der Waals surface area contributed by atoms with Gasteiger partial charge in [0, 0.05) is 18.7 Å². The summed E-state index contributed by atoms with van der Waals surface area (Å²) < 4.78 is 13.1. The van der Waals surface area contributed by atoms with E-state index in [1.54, 1.807) is 24.3 Å². The quantitative estimate of drug-likeness (QED) is 0.450. The van der Waals surface area contributed by atoms with Crippen LogP contribution in [0.3, 0.4) is 0 Å². The molecule has 2 amide bonds. The van der Waals surface area contributed by atoms with Crippen molar-refractivity contribution in [1.82, 2.24) is 14.5 Å². The van der Waals surface area contributed by atoms with Crippen LogP contribution in [0.5, 0.6) is 11.5 Å². The average molecular weight is 425 g/mol. The summed E-state index contributed by atoms with van der Waals surface area (Å²) in [4.78, 5) is 31.5. The van der Waals surface area contributed by atoms with Gasteiger partial charge in [-0.1, -0.05) is 24.3 Å². The average Bonchev–Trinajstić information content (AvgIpc) is 3.50. The highest BCUT2D eigenvalue weighted by atomic mass is 16.7. The third-order valence-electron chi connectivity index (χ3n) is 5.93. The maximum atomic E-state index is 12.7. The Kier molecular flexibility index (Phi) is 4.21. The van der Waals surface area contributed by atoms with E-state index in [-0.39, 0.29) is 18.6 Å². The van der Waals surface area contributed by atoms with Gasteiger partial charge in [0.25, 0.3) is 11.8 Å². The third kappa shape index (κ3) is 2.85. The maximum absolute atomic E-state index is 12.7. The van der Waals surface area contributed by atoms with Crippen LogP contribution >= 0.6 is 0 Å². The first-order valence-electron chi connectivity index (χ1n) is 10.5. The highest BCUT2D eigenvalue weighted by Gasteiger charge is 2.34. The van der Waals surface area contributed by atoms with Gasteiger partial charge >= 0.3 is 0 Å². The number of fused-ring (bicyclic) bond motifs is 3. The van der Waals surface area contributed by atoms with Crippen LogP contribution in [0.2, 0.25) is 0 Å². The molecule has 0 N–H and O–H groups in total. The van der Waals surface area contributed by atoms with Gasteiger partial charge in [-0.05, 0) is 48.9 Å². The topological polar surface area (TPSA) is 73.7 Å². The number of carbonyl (C=O) groups is 2. The Hall–Kier alpha value is -4.13. The van der Waals surface area contributed by atoms with Crippen molar-refractivity contribution in [2.24, 2.45) is 0 Å². The van der Waals surface area contributed by atoms with Crippen molar-refractivity contribution in [3.63, 3.8) is 0 Å². The normalized spacial score (nSPS) is 14.4. The number of aryl methyl sites for hydroxylation is 1. The summed E-state index contributed by atoms with van der Waals surface area (Å²) in [6, 6.07) is 20.7. The van der Waals surface area contributed by atoms with E-state index < -0.39 is 0 Å². The van der Waals surface area contributed by atoms with Crippen LogP contribution in [0.1, 0.15) is 27.1 Å². The largest absolute Gasteiger partial charge is 0.454 e. The molecule has 0 aliphatic carbocycles. The number of imidazole rings is 1. The van der Waals surface area contributed by atoms with E-state index in [2.05, 4.69) is 4.57 Å². The second-order valence-electron chi connectivity index (χ2n) is 7.80. The predicted octanol–water partition coefficient (Wildman–Crippen LogP) is 4.12. The van der Waals surface area contributed by atoms with Crippen LogP contribution in [-0.4, -0.2) is 39.6 Å². The summed E-state index contributed by atoms with van der Waals surface area (Å²) in [5.74, 6) is 1.79. The van der Waals surface area contributed by atoms with Crippen molar-refractivity contribution < 1.29 is 19.1 Å². The zero-order valence-electron chi connectivity index (χ0n) is 17.2.